The zero-order chi connectivity index (χ0) is 13.0. The molecular formula is C11H9N3O4. The number of hydrogen-bond acceptors (Lipinski definition) is 6. The second kappa shape index (κ2) is 5.09. The number of carboxylic acids is 1. The minimum atomic E-state index is -1.09. The average molecular weight is 247 g/mol. The van der Waals surface area contributed by atoms with Crippen LogP contribution in [0.5, 0.6) is 5.75 Å². The number of hydrogen-bond donors (Lipinski definition) is 1. The summed E-state index contributed by atoms with van der Waals surface area (Å²) < 4.78 is 10.4. The lowest BCUT2D eigenvalue weighted by atomic mass is 10.2. The van der Waals surface area contributed by atoms with Crippen molar-refractivity contribution in [3.05, 3.63) is 30.4 Å². The van der Waals surface area contributed by atoms with E-state index in [9.17, 15) is 4.79 Å². The van der Waals surface area contributed by atoms with Crippen LogP contribution < -0.4 is 4.74 Å². The van der Waals surface area contributed by atoms with Gasteiger partial charge in [-0.15, -0.1) is 10.2 Å². The van der Waals surface area contributed by atoms with E-state index in [4.69, 9.17) is 14.3 Å². The first kappa shape index (κ1) is 11.8. The Kier molecular flexibility index (Phi) is 3.33. The van der Waals surface area contributed by atoms with E-state index in [1.165, 1.54) is 19.4 Å². The molecule has 0 aliphatic heterocycles. The Hall–Kier alpha value is -2.70. The van der Waals surface area contributed by atoms with Crippen molar-refractivity contribution in [2.75, 3.05) is 7.11 Å². The molecule has 0 saturated carbocycles. The second-order valence-corrected chi connectivity index (χ2v) is 3.19. The Morgan fingerprint density at radius 2 is 2.33 bits per heavy atom. The Bertz CT molecular complexity index is 591. The number of pyridine rings is 1. The maximum atomic E-state index is 10.3. The molecule has 0 aliphatic rings. The quantitative estimate of drug-likeness (QED) is 0.811. The Morgan fingerprint density at radius 3 is 3.06 bits per heavy atom. The second-order valence-electron chi connectivity index (χ2n) is 3.19. The molecule has 18 heavy (non-hydrogen) atoms. The van der Waals surface area contributed by atoms with Crippen LogP contribution in [0, 0.1) is 0 Å². The van der Waals surface area contributed by atoms with Crippen molar-refractivity contribution in [2.45, 2.75) is 0 Å². The van der Waals surface area contributed by atoms with Crippen molar-refractivity contribution in [3.63, 3.8) is 0 Å². The van der Waals surface area contributed by atoms with Crippen LogP contribution in [0.25, 0.3) is 17.5 Å². The maximum absolute atomic E-state index is 10.3. The van der Waals surface area contributed by atoms with Crippen molar-refractivity contribution < 1.29 is 19.1 Å². The lowest BCUT2D eigenvalue weighted by molar-refractivity contribution is -0.131. The van der Waals surface area contributed by atoms with Gasteiger partial charge in [0, 0.05) is 18.3 Å². The summed E-state index contributed by atoms with van der Waals surface area (Å²) in [7, 11) is 1.50. The van der Waals surface area contributed by atoms with Crippen molar-refractivity contribution >= 4 is 12.0 Å². The average Bonchev–Trinajstić information content (AvgIpc) is 2.85. The number of aliphatic carboxylic acids is 1. The Morgan fingerprint density at radius 1 is 1.50 bits per heavy atom. The number of ether oxygens (including phenoxy) is 1. The third kappa shape index (κ3) is 2.51. The molecule has 0 radical (unpaired) electrons. The number of carbonyl (C=O) groups is 1. The van der Waals surface area contributed by atoms with E-state index in [1.807, 2.05) is 0 Å². The molecule has 2 aromatic rings. The van der Waals surface area contributed by atoms with E-state index in [-0.39, 0.29) is 11.8 Å². The molecule has 2 heterocycles. The molecule has 7 nitrogen and oxygen atoms in total. The number of carboxylic acid groups (broad SMARTS) is 1. The fourth-order valence-electron chi connectivity index (χ4n) is 1.27. The first-order chi connectivity index (χ1) is 8.70. The Labute approximate surface area is 102 Å². The summed E-state index contributed by atoms with van der Waals surface area (Å²) in [6.45, 7) is 0. The van der Waals surface area contributed by atoms with Gasteiger partial charge in [-0.3, -0.25) is 4.98 Å². The van der Waals surface area contributed by atoms with Gasteiger partial charge in [-0.05, 0) is 6.07 Å². The van der Waals surface area contributed by atoms with Gasteiger partial charge >= 0.3 is 5.97 Å². The number of aromatic nitrogens is 3. The van der Waals surface area contributed by atoms with Crippen molar-refractivity contribution in [1.29, 1.82) is 0 Å². The van der Waals surface area contributed by atoms with Crippen molar-refractivity contribution in [2.24, 2.45) is 0 Å². The molecule has 1 N–H and O–H groups in total. The fraction of sp³-hybridized carbons (Fsp3) is 0.0909. The SMILES string of the molecule is COc1cnccc1-c1nnc(/C=C/C(=O)O)o1. The van der Waals surface area contributed by atoms with E-state index in [0.717, 1.165) is 6.08 Å². The normalized spacial score (nSPS) is 10.7. The topological polar surface area (TPSA) is 98.3 Å². The summed E-state index contributed by atoms with van der Waals surface area (Å²) in [4.78, 5) is 14.2. The molecule has 0 fully saturated rings. The number of nitrogens with zero attached hydrogens (tertiary/aromatic N) is 3. The highest BCUT2D eigenvalue weighted by molar-refractivity contribution is 5.84. The maximum Gasteiger partial charge on any atom is 0.328 e. The fourth-order valence-corrected chi connectivity index (χ4v) is 1.27. The predicted octanol–water partition coefficient (Wildman–Crippen LogP) is 1.24. The summed E-state index contributed by atoms with van der Waals surface area (Å²) in [5.74, 6) is -0.253. The lowest BCUT2D eigenvalue weighted by Crippen LogP contribution is -1.88. The summed E-state index contributed by atoms with van der Waals surface area (Å²) >= 11 is 0. The van der Waals surface area contributed by atoms with Crippen LogP contribution in [0.4, 0.5) is 0 Å². The molecule has 7 heteroatoms. The molecular weight excluding hydrogens is 238 g/mol. The molecule has 0 atom stereocenters. The van der Waals surface area contributed by atoms with E-state index < -0.39 is 5.97 Å². The molecule has 0 saturated heterocycles. The third-order valence-electron chi connectivity index (χ3n) is 2.04. The standard InChI is InChI=1S/C11H9N3O4/c1-17-8-6-12-5-4-7(8)11-14-13-9(18-11)2-3-10(15)16/h2-6H,1H3,(H,15,16)/b3-2+. The smallest absolute Gasteiger partial charge is 0.328 e. The van der Waals surface area contributed by atoms with Gasteiger partial charge in [0.2, 0.25) is 5.89 Å². The van der Waals surface area contributed by atoms with Gasteiger partial charge < -0.3 is 14.3 Å². The highest BCUT2D eigenvalue weighted by Gasteiger charge is 2.12. The minimum absolute atomic E-state index is 0.103. The molecule has 0 spiro atoms. The summed E-state index contributed by atoms with van der Waals surface area (Å²) in [5, 5.41) is 16.0. The Balaban J connectivity index is 2.32. The zero-order valence-electron chi connectivity index (χ0n) is 9.40. The van der Waals surface area contributed by atoms with Crippen LogP contribution in [0.15, 0.2) is 29.0 Å². The molecule has 0 amide bonds. The summed E-state index contributed by atoms with van der Waals surface area (Å²) in [6, 6.07) is 1.66. The predicted molar refractivity (Wildman–Crippen MR) is 60.8 cm³/mol. The van der Waals surface area contributed by atoms with E-state index in [2.05, 4.69) is 15.2 Å². The number of methoxy groups -OCH3 is 1. The third-order valence-corrected chi connectivity index (χ3v) is 2.04. The molecule has 2 rings (SSSR count). The highest BCUT2D eigenvalue weighted by Crippen LogP contribution is 2.27. The lowest BCUT2D eigenvalue weighted by Gasteiger charge is -2.02. The van der Waals surface area contributed by atoms with Gasteiger partial charge in [0.05, 0.1) is 18.9 Å². The van der Waals surface area contributed by atoms with Crippen LogP contribution in [-0.2, 0) is 4.79 Å². The van der Waals surface area contributed by atoms with Crippen LogP contribution >= 0.6 is 0 Å². The van der Waals surface area contributed by atoms with Crippen LogP contribution in [0.1, 0.15) is 5.89 Å². The van der Waals surface area contributed by atoms with E-state index in [0.29, 0.717) is 11.3 Å². The van der Waals surface area contributed by atoms with Gasteiger partial charge in [0.15, 0.2) is 0 Å². The van der Waals surface area contributed by atoms with Gasteiger partial charge in [0.25, 0.3) is 5.89 Å². The molecule has 0 bridgehead atoms. The largest absolute Gasteiger partial charge is 0.494 e. The first-order valence-electron chi connectivity index (χ1n) is 4.93. The molecule has 2 aromatic heterocycles. The van der Waals surface area contributed by atoms with Gasteiger partial charge in [-0.25, -0.2) is 4.79 Å². The van der Waals surface area contributed by atoms with E-state index in [1.54, 1.807) is 12.3 Å². The van der Waals surface area contributed by atoms with Crippen molar-refractivity contribution in [1.82, 2.24) is 15.2 Å². The summed E-state index contributed by atoms with van der Waals surface area (Å²) in [6.07, 6.45) is 5.22. The molecule has 92 valence electrons. The molecule has 0 unspecified atom stereocenters. The van der Waals surface area contributed by atoms with Gasteiger partial charge in [-0.2, -0.15) is 0 Å². The highest BCUT2D eigenvalue weighted by atomic mass is 16.5. The van der Waals surface area contributed by atoms with Crippen molar-refractivity contribution in [3.8, 4) is 17.2 Å². The first-order valence-corrected chi connectivity index (χ1v) is 4.93. The number of rotatable bonds is 4. The molecule has 0 aromatic carbocycles. The van der Waals surface area contributed by atoms with Gasteiger partial charge in [0.1, 0.15) is 5.75 Å². The summed E-state index contributed by atoms with van der Waals surface area (Å²) in [5.41, 5.74) is 0.593. The zero-order valence-corrected chi connectivity index (χ0v) is 9.40. The van der Waals surface area contributed by atoms with Crippen LogP contribution in [0.2, 0.25) is 0 Å². The van der Waals surface area contributed by atoms with Crippen LogP contribution in [-0.4, -0.2) is 33.4 Å². The monoisotopic (exact) mass is 247 g/mol. The van der Waals surface area contributed by atoms with Gasteiger partial charge in [-0.1, -0.05) is 0 Å². The minimum Gasteiger partial charge on any atom is -0.494 e. The van der Waals surface area contributed by atoms with E-state index >= 15 is 0 Å². The van der Waals surface area contributed by atoms with Crippen LogP contribution in [0.3, 0.4) is 0 Å². The molecule has 0 aliphatic carbocycles.